The summed E-state index contributed by atoms with van der Waals surface area (Å²) in [5.41, 5.74) is 4.64. The van der Waals surface area contributed by atoms with Gasteiger partial charge in [0.2, 0.25) is 0 Å². The summed E-state index contributed by atoms with van der Waals surface area (Å²) >= 11 is 7.24. The van der Waals surface area contributed by atoms with E-state index in [1.165, 1.54) is 11.1 Å². The zero-order valence-corrected chi connectivity index (χ0v) is 14.7. The Morgan fingerprint density at radius 2 is 1.57 bits per heavy atom. The molecular formula is C17H14Br2O2. The molecule has 0 saturated heterocycles. The Morgan fingerprint density at radius 3 is 2.29 bits per heavy atom. The second kappa shape index (κ2) is 6.24. The number of para-hydroxylation sites is 1. The number of fused-ring (bicyclic) bond motifs is 2. The average molecular weight is 410 g/mol. The third-order valence-electron chi connectivity index (χ3n) is 3.58. The van der Waals surface area contributed by atoms with E-state index < -0.39 is 0 Å². The van der Waals surface area contributed by atoms with Crippen LogP contribution < -0.4 is 9.47 Å². The van der Waals surface area contributed by atoms with Crippen LogP contribution in [0.2, 0.25) is 0 Å². The third kappa shape index (κ3) is 2.62. The van der Waals surface area contributed by atoms with Gasteiger partial charge in [0.25, 0.3) is 0 Å². The van der Waals surface area contributed by atoms with Gasteiger partial charge in [0.1, 0.15) is 17.2 Å². The Hall–Kier alpha value is -1.26. The molecule has 0 unspecified atom stereocenters. The van der Waals surface area contributed by atoms with Crippen molar-refractivity contribution in [3.05, 3.63) is 53.6 Å². The topological polar surface area (TPSA) is 18.5 Å². The van der Waals surface area contributed by atoms with Crippen molar-refractivity contribution in [2.75, 3.05) is 17.8 Å². The molecule has 2 aromatic rings. The molecule has 0 aliphatic carbocycles. The van der Waals surface area contributed by atoms with E-state index in [0.717, 1.165) is 39.0 Å². The molecular weight excluding hydrogens is 396 g/mol. The van der Waals surface area contributed by atoms with Crippen LogP contribution in [0, 0.1) is 0 Å². The molecule has 0 spiro atoms. The molecule has 1 heterocycles. The normalized spacial score (nSPS) is 13.1. The van der Waals surface area contributed by atoms with Crippen molar-refractivity contribution < 1.29 is 9.47 Å². The fraction of sp³-hybridized carbons (Fsp3) is 0.176. The van der Waals surface area contributed by atoms with Crippen LogP contribution in [0.15, 0.2) is 42.5 Å². The van der Waals surface area contributed by atoms with E-state index in [4.69, 9.17) is 9.47 Å². The van der Waals surface area contributed by atoms with E-state index in [-0.39, 0.29) is 0 Å². The van der Waals surface area contributed by atoms with Crippen molar-refractivity contribution in [2.45, 2.75) is 0 Å². The van der Waals surface area contributed by atoms with Gasteiger partial charge < -0.3 is 9.47 Å². The number of hydrogen-bond acceptors (Lipinski definition) is 2. The highest BCUT2D eigenvalue weighted by Gasteiger charge is 2.22. The molecule has 2 nitrogen and oxygen atoms in total. The van der Waals surface area contributed by atoms with Crippen molar-refractivity contribution in [3.8, 4) is 17.2 Å². The molecule has 21 heavy (non-hydrogen) atoms. The van der Waals surface area contributed by atoms with Gasteiger partial charge in [-0.25, -0.2) is 0 Å². The van der Waals surface area contributed by atoms with Crippen LogP contribution >= 0.6 is 31.9 Å². The smallest absolute Gasteiger partial charge is 0.135 e. The number of hydrogen-bond donors (Lipinski definition) is 0. The van der Waals surface area contributed by atoms with Gasteiger partial charge in [-0.15, -0.1) is 0 Å². The SMILES string of the molecule is COc1ccc2c(c1)C(CBr)=C(CBr)c1ccccc1O2. The lowest BCUT2D eigenvalue weighted by atomic mass is 9.97. The number of halogens is 2. The van der Waals surface area contributed by atoms with E-state index in [1.54, 1.807) is 7.11 Å². The lowest BCUT2D eigenvalue weighted by Gasteiger charge is -2.12. The molecule has 0 amide bonds. The van der Waals surface area contributed by atoms with Gasteiger partial charge >= 0.3 is 0 Å². The molecule has 4 heteroatoms. The summed E-state index contributed by atoms with van der Waals surface area (Å²) in [6.45, 7) is 0. The lowest BCUT2D eigenvalue weighted by Crippen LogP contribution is -1.94. The summed E-state index contributed by atoms with van der Waals surface area (Å²) in [4.78, 5) is 0. The number of methoxy groups -OCH3 is 1. The maximum atomic E-state index is 6.13. The summed E-state index contributed by atoms with van der Waals surface area (Å²) in [5.74, 6) is 2.57. The summed E-state index contributed by atoms with van der Waals surface area (Å²) in [7, 11) is 1.68. The van der Waals surface area contributed by atoms with Gasteiger partial charge in [0.15, 0.2) is 0 Å². The van der Waals surface area contributed by atoms with E-state index in [0.29, 0.717) is 0 Å². The molecule has 2 aromatic carbocycles. The van der Waals surface area contributed by atoms with Crippen molar-refractivity contribution >= 4 is 43.0 Å². The van der Waals surface area contributed by atoms with E-state index in [2.05, 4.69) is 37.9 Å². The fourth-order valence-electron chi connectivity index (χ4n) is 2.51. The maximum Gasteiger partial charge on any atom is 0.135 e. The van der Waals surface area contributed by atoms with Crippen LogP contribution in [0.3, 0.4) is 0 Å². The summed E-state index contributed by atoms with van der Waals surface area (Å²) < 4.78 is 11.5. The highest BCUT2D eigenvalue weighted by molar-refractivity contribution is 9.09. The van der Waals surface area contributed by atoms with Crippen molar-refractivity contribution in [1.82, 2.24) is 0 Å². The van der Waals surface area contributed by atoms with Crippen LogP contribution in [0.1, 0.15) is 11.1 Å². The molecule has 3 rings (SSSR count). The Kier molecular flexibility index (Phi) is 4.36. The zero-order chi connectivity index (χ0) is 14.8. The first-order chi connectivity index (χ1) is 10.3. The Bertz CT molecular complexity index is 708. The summed E-state index contributed by atoms with van der Waals surface area (Å²) in [5, 5.41) is 1.52. The molecule has 1 aliphatic rings. The van der Waals surface area contributed by atoms with Gasteiger partial charge in [-0.1, -0.05) is 50.1 Å². The van der Waals surface area contributed by atoms with Crippen LogP contribution in [-0.2, 0) is 0 Å². The zero-order valence-electron chi connectivity index (χ0n) is 11.5. The molecule has 1 aliphatic heterocycles. The van der Waals surface area contributed by atoms with E-state index in [1.807, 2.05) is 36.4 Å². The fourth-order valence-corrected chi connectivity index (χ4v) is 3.80. The molecule has 0 aromatic heterocycles. The predicted octanol–water partition coefficient (Wildman–Crippen LogP) is 5.50. The maximum absolute atomic E-state index is 6.13. The monoisotopic (exact) mass is 408 g/mol. The van der Waals surface area contributed by atoms with Crippen LogP contribution in [-0.4, -0.2) is 17.8 Å². The number of rotatable bonds is 3. The van der Waals surface area contributed by atoms with Crippen molar-refractivity contribution in [3.63, 3.8) is 0 Å². The van der Waals surface area contributed by atoms with Gasteiger partial charge in [-0.3, -0.25) is 0 Å². The third-order valence-corrected chi connectivity index (χ3v) is 4.70. The molecule has 0 N–H and O–H groups in total. The number of allylic oxidation sites excluding steroid dienone is 2. The molecule has 0 saturated carbocycles. The summed E-state index contributed by atoms with van der Waals surface area (Å²) in [6, 6.07) is 14.0. The van der Waals surface area contributed by atoms with Crippen LogP contribution in [0.4, 0.5) is 0 Å². The van der Waals surface area contributed by atoms with Crippen molar-refractivity contribution in [2.24, 2.45) is 0 Å². The van der Waals surface area contributed by atoms with Crippen LogP contribution in [0.25, 0.3) is 11.1 Å². The number of alkyl halides is 2. The first-order valence-electron chi connectivity index (χ1n) is 6.58. The first-order valence-corrected chi connectivity index (χ1v) is 8.82. The largest absolute Gasteiger partial charge is 0.497 e. The van der Waals surface area contributed by atoms with Gasteiger partial charge in [-0.2, -0.15) is 0 Å². The Morgan fingerprint density at radius 1 is 0.905 bits per heavy atom. The molecule has 0 atom stereocenters. The average Bonchev–Trinajstić information content (AvgIpc) is 2.67. The molecule has 0 bridgehead atoms. The van der Waals surface area contributed by atoms with E-state index in [9.17, 15) is 0 Å². The quantitative estimate of drug-likeness (QED) is 0.623. The molecule has 0 fully saturated rings. The van der Waals surface area contributed by atoms with Crippen LogP contribution in [0.5, 0.6) is 17.2 Å². The van der Waals surface area contributed by atoms with Gasteiger partial charge in [-0.05, 0) is 35.4 Å². The molecule has 108 valence electrons. The minimum atomic E-state index is 0.756. The molecule has 0 radical (unpaired) electrons. The predicted molar refractivity (Wildman–Crippen MR) is 93.9 cm³/mol. The Balaban J connectivity index is 2.31. The van der Waals surface area contributed by atoms with E-state index >= 15 is 0 Å². The second-order valence-corrected chi connectivity index (χ2v) is 5.81. The standard InChI is InChI=1S/C17H14Br2O2/c1-20-11-6-7-17-13(8-11)15(10-19)14(9-18)12-4-2-3-5-16(12)21-17/h2-8H,9-10H2,1H3. The van der Waals surface area contributed by atoms with Gasteiger partial charge in [0, 0.05) is 21.8 Å². The lowest BCUT2D eigenvalue weighted by molar-refractivity contribution is 0.412. The van der Waals surface area contributed by atoms with Gasteiger partial charge in [0.05, 0.1) is 7.11 Å². The minimum Gasteiger partial charge on any atom is -0.497 e. The number of ether oxygens (including phenoxy) is 2. The minimum absolute atomic E-state index is 0.756. The second-order valence-electron chi connectivity index (χ2n) is 4.68. The first kappa shape index (κ1) is 14.7. The van der Waals surface area contributed by atoms with Crippen molar-refractivity contribution in [1.29, 1.82) is 0 Å². The highest BCUT2D eigenvalue weighted by atomic mass is 79.9. The highest BCUT2D eigenvalue weighted by Crippen LogP contribution is 2.44. The Labute approximate surface area is 141 Å². The number of benzene rings is 2. The summed E-state index contributed by atoms with van der Waals surface area (Å²) in [6.07, 6.45) is 0.